The van der Waals surface area contributed by atoms with Gasteiger partial charge in [0.2, 0.25) is 5.88 Å². The summed E-state index contributed by atoms with van der Waals surface area (Å²) in [6.07, 6.45) is -0.213. The summed E-state index contributed by atoms with van der Waals surface area (Å²) in [7, 11) is 3.72. The molecule has 0 bridgehead atoms. The number of likely N-dealkylation sites (tertiary alicyclic amines) is 1. The largest absolute Gasteiger partial charge is 0.480 e. The molecule has 6 nitrogen and oxygen atoms in total. The summed E-state index contributed by atoms with van der Waals surface area (Å²) in [5.41, 5.74) is 0.680. The number of rotatable bonds is 5. The quantitative estimate of drug-likeness (QED) is 0.831. The summed E-state index contributed by atoms with van der Waals surface area (Å²) in [6, 6.07) is 0. The number of carbonyl (C=O) groups is 1. The molecule has 1 aliphatic rings. The van der Waals surface area contributed by atoms with E-state index in [4.69, 9.17) is 9.47 Å². The minimum Gasteiger partial charge on any atom is -0.480 e. The summed E-state index contributed by atoms with van der Waals surface area (Å²) in [6.45, 7) is 8.94. The number of amides is 1. The Labute approximate surface area is 136 Å². The number of carbonyl (C=O) groups excluding carboxylic acids is 1. The van der Waals surface area contributed by atoms with Gasteiger partial charge in [-0.05, 0) is 39.4 Å². The predicted octanol–water partition coefficient (Wildman–Crippen LogP) is 2.45. The van der Waals surface area contributed by atoms with Crippen molar-refractivity contribution in [3.63, 3.8) is 0 Å². The molecule has 0 saturated carbocycles. The Bertz CT molecular complexity index is 506. The molecule has 1 amide bonds. The highest BCUT2D eigenvalue weighted by atomic mass is 32.1. The Kier molecular flexibility index (Phi) is 5.28. The van der Waals surface area contributed by atoms with E-state index in [2.05, 4.69) is 16.3 Å². The number of aromatic nitrogens is 1. The average molecular weight is 327 g/mol. The SMILES string of the molecule is COc1nscc1CN(C)CC1CN(C(=O)OC(C)(C)C)C1. The van der Waals surface area contributed by atoms with Crippen molar-refractivity contribution in [1.29, 1.82) is 0 Å². The summed E-state index contributed by atoms with van der Waals surface area (Å²) in [4.78, 5) is 15.9. The molecular weight excluding hydrogens is 302 g/mol. The second-order valence-corrected chi connectivity index (χ2v) is 7.43. The lowest BCUT2D eigenvalue weighted by Crippen LogP contribution is -2.54. The zero-order valence-corrected chi connectivity index (χ0v) is 14.8. The first-order chi connectivity index (χ1) is 10.3. The fraction of sp³-hybridized carbons (Fsp3) is 0.733. The third-order valence-electron chi connectivity index (χ3n) is 3.42. The van der Waals surface area contributed by atoms with Crippen LogP contribution in [0.15, 0.2) is 5.38 Å². The van der Waals surface area contributed by atoms with Gasteiger partial charge in [-0.15, -0.1) is 0 Å². The van der Waals surface area contributed by atoms with Gasteiger partial charge < -0.3 is 19.3 Å². The van der Waals surface area contributed by atoms with Gasteiger partial charge in [-0.2, -0.15) is 4.37 Å². The molecule has 2 heterocycles. The number of hydrogen-bond donors (Lipinski definition) is 0. The molecule has 0 spiro atoms. The van der Waals surface area contributed by atoms with Crippen LogP contribution in [0.5, 0.6) is 5.88 Å². The second kappa shape index (κ2) is 6.83. The van der Waals surface area contributed by atoms with E-state index >= 15 is 0 Å². The molecule has 22 heavy (non-hydrogen) atoms. The van der Waals surface area contributed by atoms with Crippen LogP contribution in [-0.2, 0) is 11.3 Å². The van der Waals surface area contributed by atoms with E-state index in [1.54, 1.807) is 12.0 Å². The highest BCUT2D eigenvalue weighted by Gasteiger charge is 2.34. The van der Waals surface area contributed by atoms with Gasteiger partial charge >= 0.3 is 6.09 Å². The fourth-order valence-corrected chi connectivity index (χ4v) is 3.12. The normalized spacial score (nSPS) is 15.8. The zero-order chi connectivity index (χ0) is 16.3. The summed E-state index contributed by atoms with van der Waals surface area (Å²) >= 11 is 1.41. The molecule has 2 rings (SSSR count). The average Bonchev–Trinajstić information content (AvgIpc) is 2.78. The molecule has 0 atom stereocenters. The van der Waals surface area contributed by atoms with Gasteiger partial charge in [-0.25, -0.2) is 4.79 Å². The summed E-state index contributed by atoms with van der Waals surface area (Å²) in [5, 5.41) is 2.02. The minimum atomic E-state index is -0.429. The number of hydrogen-bond acceptors (Lipinski definition) is 6. The van der Waals surface area contributed by atoms with Crippen molar-refractivity contribution in [3.8, 4) is 5.88 Å². The van der Waals surface area contributed by atoms with Crippen molar-refractivity contribution < 1.29 is 14.3 Å². The lowest BCUT2D eigenvalue weighted by atomic mass is 10.0. The van der Waals surface area contributed by atoms with Crippen molar-refractivity contribution in [3.05, 3.63) is 10.9 Å². The maximum atomic E-state index is 11.9. The van der Waals surface area contributed by atoms with Crippen molar-refractivity contribution in [2.24, 2.45) is 5.92 Å². The molecule has 1 saturated heterocycles. The Hall–Kier alpha value is -1.34. The maximum Gasteiger partial charge on any atom is 0.410 e. The van der Waals surface area contributed by atoms with Crippen LogP contribution in [0.25, 0.3) is 0 Å². The van der Waals surface area contributed by atoms with Crippen molar-refractivity contribution in [2.75, 3.05) is 33.8 Å². The number of methoxy groups -OCH3 is 1. The van der Waals surface area contributed by atoms with E-state index in [0.717, 1.165) is 31.7 Å². The van der Waals surface area contributed by atoms with Crippen LogP contribution in [-0.4, -0.2) is 59.7 Å². The smallest absolute Gasteiger partial charge is 0.410 e. The van der Waals surface area contributed by atoms with E-state index in [-0.39, 0.29) is 6.09 Å². The molecule has 0 unspecified atom stereocenters. The number of nitrogens with zero attached hydrogens (tertiary/aromatic N) is 3. The van der Waals surface area contributed by atoms with Crippen molar-refractivity contribution in [2.45, 2.75) is 32.9 Å². The van der Waals surface area contributed by atoms with E-state index in [0.29, 0.717) is 11.8 Å². The lowest BCUT2D eigenvalue weighted by molar-refractivity contribution is -0.00553. The topological polar surface area (TPSA) is 54.9 Å². The monoisotopic (exact) mass is 327 g/mol. The second-order valence-electron chi connectivity index (χ2n) is 6.80. The van der Waals surface area contributed by atoms with Gasteiger partial charge in [0.25, 0.3) is 0 Å². The summed E-state index contributed by atoms with van der Waals surface area (Å²) < 4.78 is 14.8. The van der Waals surface area contributed by atoms with Gasteiger partial charge in [-0.1, -0.05) is 0 Å². The maximum absolute atomic E-state index is 11.9. The molecule has 1 aliphatic heterocycles. The molecule has 1 aromatic heterocycles. The minimum absolute atomic E-state index is 0.213. The number of ether oxygens (including phenoxy) is 2. The van der Waals surface area contributed by atoms with Gasteiger partial charge in [0.15, 0.2) is 0 Å². The van der Waals surface area contributed by atoms with Gasteiger partial charge in [0, 0.05) is 43.0 Å². The van der Waals surface area contributed by atoms with Gasteiger partial charge in [-0.3, -0.25) is 0 Å². The van der Waals surface area contributed by atoms with Crippen LogP contribution in [0.2, 0.25) is 0 Å². The highest BCUT2D eigenvalue weighted by Crippen LogP contribution is 2.23. The van der Waals surface area contributed by atoms with Crippen LogP contribution in [0.3, 0.4) is 0 Å². The van der Waals surface area contributed by atoms with E-state index in [1.807, 2.05) is 26.2 Å². The highest BCUT2D eigenvalue weighted by molar-refractivity contribution is 7.03. The molecule has 0 radical (unpaired) electrons. The molecule has 0 N–H and O–H groups in total. The van der Waals surface area contributed by atoms with Crippen molar-refractivity contribution in [1.82, 2.24) is 14.2 Å². The third kappa shape index (κ3) is 4.58. The zero-order valence-electron chi connectivity index (χ0n) is 14.0. The Morgan fingerprint density at radius 1 is 1.50 bits per heavy atom. The van der Waals surface area contributed by atoms with Crippen molar-refractivity contribution >= 4 is 17.6 Å². The van der Waals surface area contributed by atoms with Gasteiger partial charge in [0.1, 0.15) is 5.60 Å². The van der Waals surface area contributed by atoms with Crippen LogP contribution in [0.1, 0.15) is 26.3 Å². The Balaban J connectivity index is 1.72. The van der Waals surface area contributed by atoms with Crippen LogP contribution in [0.4, 0.5) is 4.79 Å². The molecule has 0 aliphatic carbocycles. The first kappa shape index (κ1) is 17.0. The molecule has 1 aromatic rings. The molecule has 1 fully saturated rings. The van der Waals surface area contributed by atoms with Crippen LogP contribution < -0.4 is 4.74 Å². The fourth-order valence-electron chi connectivity index (χ4n) is 2.48. The standard InChI is InChI=1S/C15H25N3O3S/c1-15(2,3)21-14(19)18-7-11(8-18)6-17(4)9-12-10-22-16-13(12)20-5/h10-11H,6-9H2,1-5H3. The molecule has 7 heteroatoms. The first-order valence-corrected chi connectivity index (χ1v) is 8.26. The van der Waals surface area contributed by atoms with E-state index in [1.165, 1.54) is 11.5 Å². The van der Waals surface area contributed by atoms with E-state index in [9.17, 15) is 4.79 Å². The van der Waals surface area contributed by atoms with Crippen LogP contribution >= 0.6 is 11.5 Å². The molecule has 124 valence electrons. The Morgan fingerprint density at radius 2 is 2.18 bits per heavy atom. The summed E-state index contributed by atoms with van der Waals surface area (Å²) in [5.74, 6) is 1.20. The third-order valence-corrected chi connectivity index (χ3v) is 4.08. The van der Waals surface area contributed by atoms with E-state index < -0.39 is 5.60 Å². The van der Waals surface area contributed by atoms with Gasteiger partial charge in [0.05, 0.1) is 7.11 Å². The molecular formula is C15H25N3O3S. The van der Waals surface area contributed by atoms with Crippen LogP contribution in [0, 0.1) is 5.92 Å². The lowest BCUT2D eigenvalue weighted by Gasteiger charge is -2.41. The first-order valence-electron chi connectivity index (χ1n) is 7.42. The predicted molar refractivity (Wildman–Crippen MR) is 86.3 cm³/mol. The Morgan fingerprint density at radius 3 is 2.77 bits per heavy atom. The molecule has 0 aromatic carbocycles.